The van der Waals surface area contributed by atoms with Gasteiger partial charge in [0.15, 0.2) is 0 Å². The van der Waals surface area contributed by atoms with Crippen LogP contribution in [0.15, 0.2) is 48.7 Å². The van der Waals surface area contributed by atoms with Crippen LogP contribution in [-0.2, 0) is 4.79 Å². The van der Waals surface area contributed by atoms with Crippen molar-refractivity contribution in [3.63, 3.8) is 0 Å². The van der Waals surface area contributed by atoms with Crippen LogP contribution in [0.4, 0.5) is 11.4 Å². The summed E-state index contributed by atoms with van der Waals surface area (Å²) in [6.07, 6.45) is 1.70. The molecule has 0 unspecified atom stereocenters. The third-order valence-corrected chi connectivity index (χ3v) is 4.12. The van der Waals surface area contributed by atoms with Crippen molar-refractivity contribution in [3.8, 4) is 11.5 Å². The van der Waals surface area contributed by atoms with Gasteiger partial charge in [-0.15, -0.1) is 0 Å². The molecule has 2 N–H and O–H groups in total. The lowest BCUT2D eigenvalue weighted by atomic mass is 10.2. The number of halogens is 1. The summed E-state index contributed by atoms with van der Waals surface area (Å²) in [5.74, 6) is 0.808. The van der Waals surface area contributed by atoms with Gasteiger partial charge in [0, 0.05) is 23.7 Å². The van der Waals surface area contributed by atoms with Crippen molar-refractivity contribution in [2.45, 2.75) is 0 Å². The molecule has 0 saturated carbocycles. The number of carbonyl (C=O) groups excluding carboxylic acids is 1. The van der Waals surface area contributed by atoms with E-state index in [2.05, 4.69) is 15.6 Å². The van der Waals surface area contributed by atoms with E-state index in [1.807, 2.05) is 30.3 Å². The Hall–Kier alpha value is -2.99. The minimum atomic E-state index is -0.209. The van der Waals surface area contributed by atoms with Gasteiger partial charge in [-0.1, -0.05) is 29.8 Å². The zero-order valence-corrected chi connectivity index (χ0v) is 15.1. The first kappa shape index (κ1) is 17.8. The highest BCUT2D eigenvalue weighted by molar-refractivity contribution is 6.32. The molecule has 0 fully saturated rings. The van der Waals surface area contributed by atoms with Crippen LogP contribution in [0.5, 0.6) is 11.5 Å². The number of benzene rings is 2. The third-order valence-electron chi connectivity index (χ3n) is 3.82. The summed E-state index contributed by atoms with van der Waals surface area (Å²) in [6.45, 7) is 0.0460. The van der Waals surface area contributed by atoms with Gasteiger partial charge in [0.25, 0.3) is 0 Å². The highest BCUT2D eigenvalue weighted by atomic mass is 35.5. The molecular weight excluding hydrogens is 354 g/mol. The van der Waals surface area contributed by atoms with E-state index in [0.717, 1.165) is 10.9 Å². The third kappa shape index (κ3) is 3.81. The summed E-state index contributed by atoms with van der Waals surface area (Å²) in [7, 11) is 3.06. The Balaban J connectivity index is 1.73. The molecule has 1 aromatic heterocycles. The first-order chi connectivity index (χ1) is 12.6. The van der Waals surface area contributed by atoms with E-state index < -0.39 is 0 Å². The van der Waals surface area contributed by atoms with Crippen LogP contribution in [-0.4, -0.2) is 31.7 Å². The summed E-state index contributed by atoms with van der Waals surface area (Å²) in [6, 6.07) is 12.8. The maximum atomic E-state index is 12.4. The second-order valence-electron chi connectivity index (χ2n) is 5.47. The molecule has 3 aromatic rings. The Labute approximate surface area is 156 Å². The predicted molar refractivity (Wildman–Crippen MR) is 103 cm³/mol. The number of para-hydroxylation sites is 1. The van der Waals surface area contributed by atoms with Gasteiger partial charge in [-0.05, 0) is 12.1 Å². The molecule has 0 aliphatic rings. The number of pyridine rings is 1. The molecule has 1 heterocycles. The topological polar surface area (TPSA) is 72.5 Å². The average molecular weight is 372 g/mol. The molecule has 1 amide bonds. The molecule has 0 aliphatic carbocycles. The summed E-state index contributed by atoms with van der Waals surface area (Å²) >= 11 is 6.09. The molecule has 6 nitrogen and oxygen atoms in total. The number of ether oxygens (including phenoxy) is 2. The number of anilines is 2. The molecule has 7 heteroatoms. The predicted octanol–water partition coefficient (Wildman–Crippen LogP) is 3.96. The standard InChI is InChI=1S/C19H18ClN3O3/c1-25-16-10-15(17(26-2)9-13(16)20)22-11-18(24)23-14-7-3-5-12-6-4-8-21-19(12)14/h3-10,22H,11H2,1-2H3,(H,23,24). The van der Waals surface area contributed by atoms with Crippen molar-refractivity contribution < 1.29 is 14.3 Å². The summed E-state index contributed by atoms with van der Waals surface area (Å²) in [5.41, 5.74) is 2.02. The normalized spacial score (nSPS) is 10.4. The molecule has 0 aliphatic heterocycles. The van der Waals surface area contributed by atoms with Crippen LogP contribution < -0.4 is 20.1 Å². The number of methoxy groups -OCH3 is 2. The second-order valence-corrected chi connectivity index (χ2v) is 5.88. The monoisotopic (exact) mass is 371 g/mol. The summed E-state index contributed by atoms with van der Waals surface area (Å²) in [5, 5.41) is 7.30. The zero-order valence-electron chi connectivity index (χ0n) is 14.4. The fourth-order valence-corrected chi connectivity index (χ4v) is 2.80. The van der Waals surface area contributed by atoms with Crippen molar-refractivity contribution in [1.82, 2.24) is 4.98 Å². The van der Waals surface area contributed by atoms with Gasteiger partial charge in [-0.3, -0.25) is 9.78 Å². The van der Waals surface area contributed by atoms with Crippen LogP contribution in [0.2, 0.25) is 5.02 Å². The van der Waals surface area contributed by atoms with Crippen LogP contribution in [0.25, 0.3) is 10.9 Å². The van der Waals surface area contributed by atoms with Gasteiger partial charge in [0.2, 0.25) is 5.91 Å². The molecule has 0 bridgehead atoms. The van der Waals surface area contributed by atoms with E-state index in [9.17, 15) is 4.79 Å². The smallest absolute Gasteiger partial charge is 0.243 e. The Morgan fingerprint density at radius 3 is 2.62 bits per heavy atom. The lowest BCUT2D eigenvalue weighted by Crippen LogP contribution is -2.22. The van der Waals surface area contributed by atoms with E-state index in [1.165, 1.54) is 14.2 Å². The number of fused-ring (bicyclic) bond motifs is 1. The molecule has 134 valence electrons. The Morgan fingerprint density at radius 2 is 1.85 bits per heavy atom. The van der Waals surface area contributed by atoms with Gasteiger partial charge < -0.3 is 20.1 Å². The molecule has 26 heavy (non-hydrogen) atoms. The Morgan fingerprint density at radius 1 is 1.08 bits per heavy atom. The highest BCUT2D eigenvalue weighted by Gasteiger charge is 2.12. The van der Waals surface area contributed by atoms with Crippen LogP contribution in [0.1, 0.15) is 0 Å². The summed E-state index contributed by atoms with van der Waals surface area (Å²) < 4.78 is 10.5. The van der Waals surface area contributed by atoms with Gasteiger partial charge in [0.05, 0.1) is 42.7 Å². The first-order valence-electron chi connectivity index (χ1n) is 7.91. The van der Waals surface area contributed by atoms with Crippen molar-refractivity contribution >= 4 is 39.8 Å². The van der Waals surface area contributed by atoms with Crippen LogP contribution >= 0.6 is 11.6 Å². The molecule has 3 rings (SSSR count). The van der Waals surface area contributed by atoms with Crippen molar-refractivity contribution in [1.29, 1.82) is 0 Å². The lowest BCUT2D eigenvalue weighted by molar-refractivity contribution is -0.114. The van der Waals surface area contributed by atoms with E-state index in [-0.39, 0.29) is 12.5 Å². The number of hydrogen-bond acceptors (Lipinski definition) is 5. The van der Waals surface area contributed by atoms with Crippen molar-refractivity contribution in [2.75, 3.05) is 31.4 Å². The van der Waals surface area contributed by atoms with Gasteiger partial charge in [-0.2, -0.15) is 0 Å². The van der Waals surface area contributed by atoms with Gasteiger partial charge >= 0.3 is 0 Å². The zero-order chi connectivity index (χ0) is 18.5. The molecule has 0 atom stereocenters. The number of hydrogen-bond donors (Lipinski definition) is 2. The van der Waals surface area contributed by atoms with E-state index in [0.29, 0.717) is 27.9 Å². The Bertz CT molecular complexity index is 941. The number of nitrogens with one attached hydrogen (secondary N) is 2. The molecule has 0 saturated heterocycles. The summed E-state index contributed by atoms with van der Waals surface area (Å²) in [4.78, 5) is 16.7. The minimum absolute atomic E-state index is 0.0460. The number of nitrogens with zero attached hydrogens (tertiary/aromatic N) is 1. The van der Waals surface area contributed by atoms with Gasteiger partial charge in [0.1, 0.15) is 11.5 Å². The number of carbonyl (C=O) groups is 1. The van der Waals surface area contributed by atoms with Crippen molar-refractivity contribution in [3.05, 3.63) is 53.7 Å². The van der Waals surface area contributed by atoms with Crippen LogP contribution in [0.3, 0.4) is 0 Å². The Kier molecular flexibility index (Phi) is 5.43. The SMILES string of the molecule is COc1cc(NCC(=O)Nc2cccc3cccnc23)c(OC)cc1Cl. The van der Waals surface area contributed by atoms with Gasteiger partial charge in [-0.25, -0.2) is 0 Å². The van der Waals surface area contributed by atoms with E-state index in [4.69, 9.17) is 21.1 Å². The largest absolute Gasteiger partial charge is 0.495 e. The maximum Gasteiger partial charge on any atom is 0.243 e. The fraction of sp³-hybridized carbons (Fsp3) is 0.158. The van der Waals surface area contributed by atoms with Crippen LogP contribution in [0, 0.1) is 0 Å². The second kappa shape index (κ2) is 7.93. The maximum absolute atomic E-state index is 12.4. The molecule has 0 spiro atoms. The lowest BCUT2D eigenvalue weighted by Gasteiger charge is -2.14. The van der Waals surface area contributed by atoms with E-state index in [1.54, 1.807) is 18.3 Å². The number of rotatable bonds is 6. The molecule has 0 radical (unpaired) electrons. The quantitative estimate of drug-likeness (QED) is 0.686. The molecule has 2 aromatic carbocycles. The number of aromatic nitrogens is 1. The average Bonchev–Trinajstić information content (AvgIpc) is 2.67. The van der Waals surface area contributed by atoms with E-state index >= 15 is 0 Å². The minimum Gasteiger partial charge on any atom is -0.495 e. The molecular formula is C19H18ClN3O3. The fourth-order valence-electron chi connectivity index (χ4n) is 2.57. The first-order valence-corrected chi connectivity index (χ1v) is 8.29. The highest BCUT2D eigenvalue weighted by Crippen LogP contribution is 2.35. The van der Waals surface area contributed by atoms with Crippen molar-refractivity contribution in [2.24, 2.45) is 0 Å². The number of amides is 1.